The van der Waals surface area contributed by atoms with Crippen LogP contribution < -0.4 is 5.32 Å². The lowest BCUT2D eigenvalue weighted by Gasteiger charge is -2.29. The summed E-state index contributed by atoms with van der Waals surface area (Å²) in [5.41, 5.74) is 2.20. The highest BCUT2D eigenvalue weighted by molar-refractivity contribution is 7.99. The molecular formula is C19H24N2OS. The van der Waals surface area contributed by atoms with Crippen molar-refractivity contribution in [2.24, 2.45) is 5.92 Å². The minimum Gasteiger partial charge on any atom is -0.352 e. The second-order valence-electron chi connectivity index (χ2n) is 6.52. The van der Waals surface area contributed by atoms with Crippen molar-refractivity contribution in [2.75, 3.05) is 5.75 Å². The van der Waals surface area contributed by atoms with E-state index in [0.717, 1.165) is 17.0 Å². The van der Waals surface area contributed by atoms with Crippen LogP contribution in [0, 0.1) is 12.8 Å². The summed E-state index contributed by atoms with van der Waals surface area (Å²) < 4.78 is 0. The summed E-state index contributed by atoms with van der Waals surface area (Å²) in [6.45, 7) is 4.34. The Morgan fingerprint density at radius 3 is 2.91 bits per heavy atom. The van der Waals surface area contributed by atoms with Crippen LogP contribution in [0.2, 0.25) is 0 Å². The van der Waals surface area contributed by atoms with Crippen molar-refractivity contribution in [1.29, 1.82) is 0 Å². The zero-order valence-electron chi connectivity index (χ0n) is 13.8. The van der Waals surface area contributed by atoms with E-state index in [9.17, 15) is 4.79 Å². The lowest BCUT2D eigenvalue weighted by atomic mass is 9.86. The summed E-state index contributed by atoms with van der Waals surface area (Å²) >= 11 is 1.52. The van der Waals surface area contributed by atoms with Crippen LogP contribution in [0.25, 0.3) is 10.9 Å². The Balaban J connectivity index is 1.60. The maximum atomic E-state index is 12.2. The van der Waals surface area contributed by atoms with Crippen molar-refractivity contribution in [2.45, 2.75) is 50.6 Å². The highest BCUT2D eigenvalue weighted by Gasteiger charge is 2.22. The molecule has 0 saturated heterocycles. The molecule has 1 fully saturated rings. The summed E-state index contributed by atoms with van der Waals surface area (Å²) in [6.07, 6.45) is 4.87. The van der Waals surface area contributed by atoms with Crippen LogP contribution in [0.3, 0.4) is 0 Å². The van der Waals surface area contributed by atoms with E-state index in [-0.39, 0.29) is 5.91 Å². The normalized spacial score (nSPS) is 21.3. The van der Waals surface area contributed by atoms with Crippen molar-refractivity contribution in [3.8, 4) is 0 Å². The molecule has 1 amide bonds. The molecule has 2 atom stereocenters. The van der Waals surface area contributed by atoms with E-state index in [1.54, 1.807) is 0 Å². The van der Waals surface area contributed by atoms with E-state index in [1.165, 1.54) is 42.0 Å². The van der Waals surface area contributed by atoms with E-state index in [2.05, 4.69) is 36.3 Å². The van der Waals surface area contributed by atoms with Gasteiger partial charge >= 0.3 is 0 Å². The number of hydrogen-bond donors (Lipinski definition) is 1. The second-order valence-corrected chi connectivity index (χ2v) is 7.51. The average Bonchev–Trinajstić information content (AvgIpc) is 2.55. The molecule has 3 rings (SSSR count). The molecule has 0 bridgehead atoms. The standard InChI is InChI=1S/C19H24N2OS/c1-13-7-3-5-9-16(13)20-18(22)12-23-19-11-14(2)15-8-4-6-10-17(15)21-19/h4,6,8,10-11,13,16H,3,5,7,9,12H2,1-2H3,(H,20,22). The fourth-order valence-electron chi connectivity index (χ4n) is 3.31. The zero-order valence-corrected chi connectivity index (χ0v) is 14.7. The molecule has 1 aliphatic rings. The van der Waals surface area contributed by atoms with Gasteiger partial charge in [0.2, 0.25) is 5.91 Å². The minimum absolute atomic E-state index is 0.126. The van der Waals surface area contributed by atoms with Gasteiger partial charge in [-0.15, -0.1) is 0 Å². The van der Waals surface area contributed by atoms with Gasteiger partial charge in [0, 0.05) is 11.4 Å². The topological polar surface area (TPSA) is 42.0 Å². The third-order valence-corrected chi connectivity index (χ3v) is 5.62. The van der Waals surface area contributed by atoms with Gasteiger partial charge in [-0.2, -0.15) is 0 Å². The fourth-order valence-corrected chi connectivity index (χ4v) is 4.10. The van der Waals surface area contributed by atoms with Gasteiger partial charge in [0.05, 0.1) is 16.3 Å². The van der Waals surface area contributed by atoms with Gasteiger partial charge < -0.3 is 5.32 Å². The highest BCUT2D eigenvalue weighted by Crippen LogP contribution is 2.25. The summed E-state index contributed by atoms with van der Waals surface area (Å²) in [4.78, 5) is 16.9. The summed E-state index contributed by atoms with van der Waals surface area (Å²) in [7, 11) is 0. The van der Waals surface area contributed by atoms with E-state index in [0.29, 0.717) is 17.7 Å². The molecule has 0 spiro atoms. The molecule has 23 heavy (non-hydrogen) atoms. The number of carbonyl (C=O) groups excluding carboxylic acids is 1. The molecule has 0 aliphatic heterocycles. The highest BCUT2D eigenvalue weighted by atomic mass is 32.2. The molecule has 4 heteroatoms. The average molecular weight is 328 g/mol. The van der Waals surface area contributed by atoms with Crippen molar-refractivity contribution < 1.29 is 4.79 Å². The van der Waals surface area contributed by atoms with Gasteiger partial charge in [0.15, 0.2) is 0 Å². The van der Waals surface area contributed by atoms with Crippen LogP contribution in [0.15, 0.2) is 35.4 Å². The third kappa shape index (κ3) is 4.05. The Kier molecular flexibility index (Phi) is 5.21. The van der Waals surface area contributed by atoms with E-state index < -0.39 is 0 Å². The second kappa shape index (κ2) is 7.35. The molecule has 2 aromatic rings. The van der Waals surface area contributed by atoms with Gasteiger partial charge in [0.25, 0.3) is 0 Å². The molecule has 2 unspecified atom stereocenters. The largest absolute Gasteiger partial charge is 0.352 e. The number of amides is 1. The first-order valence-corrected chi connectivity index (χ1v) is 9.40. The summed E-state index contributed by atoms with van der Waals surface area (Å²) in [5.74, 6) is 1.16. The Labute approximate surface area is 142 Å². The van der Waals surface area contributed by atoms with E-state index in [4.69, 9.17) is 0 Å². The van der Waals surface area contributed by atoms with Crippen LogP contribution in [0.1, 0.15) is 38.2 Å². The zero-order chi connectivity index (χ0) is 16.2. The quantitative estimate of drug-likeness (QED) is 0.849. The van der Waals surface area contributed by atoms with Gasteiger partial charge in [0.1, 0.15) is 0 Å². The summed E-state index contributed by atoms with van der Waals surface area (Å²) in [6, 6.07) is 10.6. The molecular weight excluding hydrogens is 304 g/mol. The lowest BCUT2D eigenvalue weighted by Crippen LogP contribution is -2.41. The number of carbonyl (C=O) groups is 1. The number of nitrogens with zero attached hydrogens (tertiary/aromatic N) is 1. The Morgan fingerprint density at radius 1 is 1.30 bits per heavy atom. The van der Waals surface area contributed by atoms with Crippen molar-refractivity contribution in [3.05, 3.63) is 35.9 Å². The number of aryl methyl sites for hydroxylation is 1. The first kappa shape index (κ1) is 16.3. The van der Waals surface area contributed by atoms with Gasteiger partial charge in [-0.25, -0.2) is 4.98 Å². The minimum atomic E-state index is 0.126. The number of nitrogens with one attached hydrogen (secondary N) is 1. The van der Waals surface area contributed by atoms with Crippen molar-refractivity contribution >= 4 is 28.6 Å². The monoisotopic (exact) mass is 328 g/mol. The Morgan fingerprint density at radius 2 is 2.09 bits per heavy atom. The molecule has 1 aromatic carbocycles. The predicted octanol–water partition coefficient (Wildman–Crippen LogP) is 4.33. The molecule has 1 aromatic heterocycles. The lowest BCUT2D eigenvalue weighted by molar-refractivity contribution is -0.119. The van der Waals surface area contributed by atoms with Gasteiger partial charge in [-0.1, -0.05) is 49.7 Å². The van der Waals surface area contributed by atoms with Crippen molar-refractivity contribution in [3.63, 3.8) is 0 Å². The Bertz CT molecular complexity index is 701. The first-order valence-electron chi connectivity index (χ1n) is 8.42. The number of pyridine rings is 1. The van der Waals surface area contributed by atoms with E-state index in [1.807, 2.05) is 18.2 Å². The fraction of sp³-hybridized carbons (Fsp3) is 0.474. The molecule has 1 aliphatic carbocycles. The van der Waals surface area contributed by atoms with Crippen molar-refractivity contribution in [1.82, 2.24) is 10.3 Å². The van der Waals surface area contributed by atoms with Crippen LogP contribution in [-0.2, 0) is 4.79 Å². The maximum Gasteiger partial charge on any atom is 0.230 e. The van der Waals surface area contributed by atoms with Crippen LogP contribution >= 0.6 is 11.8 Å². The molecule has 1 N–H and O–H groups in total. The number of benzene rings is 1. The van der Waals surface area contributed by atoms with Gasteiger partial charge in [-0.05, 0) is 43.4 Å². The first-order chi connectivity index (χ1) is 11.1. The number of rotatable bonds is 4. The third-order valence-electron chi connectivity index (χ3n) is 4.71. The number of aromatic nitrogens is 1. The number of para-hydroxylation sites is 1. The molecule has 0 radical (unpaired) electrons. The smallest absolute Gasteiger partial charge is 0.230 e. The predicted molar refractivity (Wildman–Crippen MR) is 96.8 cm³/mol. The molecule has 1 saturated carbocycles. The van der Waals surface area contributed by atoms with Crippen LogP contribution in [0.5, 0.6) is 0 Å². The number of hydrogen-bond acceptors (Lipinski definition) is 3. The molecule has 3 nitrogen and oxygen atoms in total. The van der Waals surface area contributed by atoms with Crippen LogP contribution in [0.4, 0.5) is 0 Å². The van der Waals surface area contributed by atoms with E-state index >= 15 is 0 Å². The maximum absolute atomic E-state index is 12.2. The molecule has 122 valence electrons. The van der Waals surface area contributed by atoms with Gasteiger partial charge in [-0.3, -0.25) is 4.79 Å². The Hall–Kier alpha value is -1.55. The van der Waals surface area contributed by atoms with Crippen LogP contribution in [-0.4, -0.2) is 22.7 Å². The summed E-state index contributed by atoms with van der Waals surface area (Å²) in [5, 5.41) is 5.31. The SMILES string of the molecule is Cc1cc(SCC(=O)NC2CCCCC2C)nc2ccccc12. The number of thioether (sulfide) groups is 1. The number of fused-ring (bicyclic) bond motifs is 1. The molecule has 1 heterocycles.